The Balaban J connectivity index is 2.23. The van der Waals surface area contributed by atoms with Gasteiger partial charge < -0.3 is 19.7 Å². The van der Waals surface area contributed by atoms with Gasteiger partial charge in [0.1, 0.15) is 17.8 Å². The van der Waals surface area contributed by atoms with E-state index >= 15 is 0 Å². The van der Waals surface area contributed by atoms with Crippen molar-refractivity contribution < 1.29 is 29.3 Å². The summed E-state index contributed by atoms with van der Waals surface area (Å²) >= 11 is 0. The van der Waals surface area contributed by atoms with Crippen LogP contribution in [0.3, 0.4) is 0 Å². The number of allylic oxidation sites excluding steroid dienone is 3. The molecule has 2 rings (SSSR count). The lowest BCUT2D eigenvalue weighted by atomic mass is 9.88. The number of hydrogen-bond acceptors (Lipinski definition) is 7. The van der Waals surface area contributed by atoms with Gasteiger partial charge in [0.15, 0.2) is 0 Å². The SMILES string of the molecule is CC(=O)O[C@@H]1/C=C/[C@H](C)[C@@H](/C(C)=C/C=C/C(C)Cc2ccccn2)OC(=O)C[C@@H](O)CC[C@]1(C)O. The summed E-state index contributed by atoms with van der Waals surface area (Å²) in [7, 11) is 0. The molecule has 7 nitrogen and oxygen atoms in total. The number of aliphatic hydroxyl groups is 2. The number of carbonyl (C=O) groups is 2. The standard InChI is InChI=1S/C28H39NO6/c1-19(17-23-11-6-7-16-29-23)9-8-10-20(2)27-21(3)12-13-25(34-22(4)30)28(5,33)15-14-24(31)18-26(32)35-27/h6-13,16,19,21,24-25,27,31,33H,14-15,17-18H2,1-5H3/b9-8+,13-12+,20-10+/t19?,21-,24-,25+,27+,28-/m0/s1. The molecule has 2 N–H and O–H groups in total. The van der Waals surface area contributed by atoms with Crippen LogP contribution in [0.5, 0.6) is 0 Å². The number of esters is 2. The number of nitrogens with zero attached hydrogens (tertiary/aromatic N) is 1. The molecule has 0 radical (unpaired) electrons. The first-order valence-corrected chi connectivity index (χ1v) is 12.2. The maximum Gasteiger partial charge on any atom is 0.309 e. The Morgan fingerprint density at radius 2 is 2.09 bits per heavy atom. The van der Waals surface area contributed by atoms with E-state index < -0.39 is 35.9 Å². The summed E-state index contributed by atoms with van der Waals surface area (Å²) in [4.78, 5) is 28.5. The smallest absolute Gasteiger partial charge is 0.309 e. The molecule has 0 saturated carbocycles. The molecular weight excluding hydrogens is 446 g/mol. The predicted molar refractivity (Wildman–Crippen MR) is 134 cm³/mol. The van der Waals surface area contributed by atoms with Crippen molar-refractivity contribution in [1.82, 2.24) is 4.98 Å². The third-order valence-corrected chi connectivity index (χ3v) is 6.12. The zero-order valence-corrected chi connectivity index (χ0v) is 21.4. The number of rotatable bonds is 6. The Morgan fingerprint density at radius 1 is 1.34 bits per heavy atom. The Kier molecular flexibility index (Phi) is 10.9. The maximum absolute atomic E-state index is 12.5. The highest BCUT2D eigenvalue weighted by Gasteiger charge is 2.34. The summed E-state index contributed by atoms with van der Waals surface area (Å²) in [6.45, 7) is 8.74. The Hall–Kier alpha value is -2.77. The molecule has 35 heavy (non-hydrogen) atoms. The molecule has 1 aromatic heterocycles. The summed E-state index contributed by atoms with van der Waals surface area (Å²) in [6, 6.07) is 5.86. The van der Waals surface area contributed by atoms with Crippen LogP contribution in [0, 0.1) is 11.8 Å². The van der Waals surface area contributed by atoms with Crippen LogP contribution in [0.15, 0.2) is 60.3 Å². The quantitative estimate of drug-likeness (QED) is 0.355. The normalized spacial score (nSPS) is 30.6. The van der Waals surface area contributed by atoms with Crippen molar-refractivity contribution in [3.8, 4) is 0 Å². The van der Waals surface area contributed by atoms with Crippen LogP contribution in [0.25, 0.3) is 0 Å². The average Bonchev–Trinajstić information content (AvgIpc) is 2.78. The van der Waals surface area contributed by atoms with Gasteiger partial charge in [-0.3, -0.25) is 14.6 Å². The lowest BCUT2D eigenvalue weighted by Crippen LogP contribution is -2.42. The summed E-state index contributed by atoms with van der Waals surface area (Å²) in [6.07, 6.45) is 9.68. The Bertz CT molecular complexity index is 921. The molecule has 6 atom stereocenters. The van der Waals surface area contributed by atoms with E-state index in [-0.39, 0.29) is 31.1 Å². The first-order chi connectivity index (χ1) is 16.5. The third kappa shape index (κ3) is 9.78. The van der Waals surface area contributed by atoms with Crippen LogP contribution in [-0.2, 0) is 25.5 Å². The van der Waals surface area contributed by atoms with Crippen LogP contribution >= 0.6 is 0 Å². The fraction of sp³-hybridized carbons (Fsp3) is 0.536. The van der Waals surface area contributed by atoms with Crippen LogP contribution in [0.1, 0.15) is 59.6 Å². The highest BCUT2D eigenvalue weighted by Crippen LogP contribution is 2.27. The van der Waals surface area contributed by atoms with E-state index in [1.807, 2.05) is 44.2 Å². The number of ether oxygens (including phenoxy) is 2. The van der Waals surface area contributed by atoms with E-state index in [0.717, 1.165) is 17.7 Å². The van der Waals surface area contributed by atoms with E-state index in [2.05, 4.69) is 18.0 Å². The highest BCUT2D eigenvalue weighted by molar-refractivity contribution is 5.70. The largest absolute Gasteiger partial charge is 0.457 e. The van der Waals surface area contributed by atoms with Crippen LogP contribution in [0.4, 0.5) is 0 Å². The minimum Gasteiger partial charge on any atom is -0.457 e. The van der Waals surface area contributed by atoms with Gasteiger partial charge >= 0.3 is 11.9 Å². The fourth-order valence-corrected chi connectivity index (χ4v) is 4.04. The first kappa shape index (κ1) is 28.5. The molecule has 2 heterocycles. The summed E-state index contributed by atoms with van der Waals surface area (Å²) in [5.41, 5.74) is 0.465. The molecule has 0 spiro atoms. The zero-order chi connectivity index (χ0) is 26.0. The topological polar surface area (TPSA) is 106 Å². The molecule has 0 bridgehead atoms. The Labute approximate surface area is 208 Å². The monoisotopic (exact) mass is 485 g/mol. The van der Waals surface area contributed by atoms with Gasteiger partial charge in [0.05, 0.1) is 12.5 Å². The molecule has 1 aromatic rings. The summed E-state index contributed by atoms with van der Waals surface area (Å²) in [5, 5.41) is 21.2. The molecule has 0 aliphatic carbocycles. The number of cyclic esters (lactones) is 1. The van der Waals surface area contributed by atoms with Crippen molar-refractivity contribution in [2.24, 2.45) is 11.8 Å². The molecule has 0 aromatic carbocycles. The van der Waals surface area contributed by atoms with Crippen molar-refractivity contribution in [2.45, 2.75) is 84.2 Å². The molecule has 0 amide bonds. The number of aromatic nitrogens is 1. The molecule has 0 fully saturated rings. The van der Waals surface area contributed by atoms with E-state index in [1.165, 1.54) is 6.92 Å². The summed E-state index contributed by atoms with van der Waals surface area (Å²) < 4.78 is 11.1. The number of hydrogen-bond donors (Lipinski definition) is 2. The van der Waals surface area contributed by atoms with Crippen molar-refractivity contribution in [3.63, 3.8) is 0 Å². The second-order valence-electron chi connectivity index (χ2n) is 9.74. The van der Waals surface area contributed by atoms with Gasteiger partial charge in [-0.1, -0.05) is 44.2 Å². The van der Waals surface area contributed by atoms with Gasteiger partial charge in [-0.2, -0.15) is 0 Å². The molecule has 1 unspecified atom stereocenters. The van der Waals surface area contributed by atoms with E-state index in [1.54, 1.807) is 25.3 Å². The van der Waals surface area contributed by atoms with Crippen molar-refractivity contribution in [2.75, 3.05) is 0 Å². The van der Waals surface area contributed by atoms with Gasteiger partial charge in [-0.15, -0.1) is 0 Å². The van der Waals surface area contributed by atoms with Gasteiger partial charge in [-0.25, -0.2) is 0 Å². The molecule has 7 heteroatoms. The van der Waals surface area contributed by atoms with Gasteiger partial charge in [0.25, 0.3) is 0 Å². The minimum absolute atomic E-state index is 0.155. The number of carbonyl (C=O) groups excluding carboxylic acids is 2. The minimum atomic E-state index is -1.39. The molecule has 1 aliphatic rings. The van der Waals surface area contributed by atoms with Crippen LogP contribution in [-0.4, -0.2) is 51.0 Å². The summed E-state index contributed by atoms with van der Waals surface area (Å²) in [5.74, 6) is -1.00. The van der Waals surface area contributed by atoms with Crippen molar-refractivity contribution in [1.29, 1.82) is 0 Å². The second kappa shape index (κ2) is 13.4. The second-order valence-corrected chi connectivity index (χ2v) is 9.74. The van der Waals surface area contributed by atoms with E-state index in [4.69, 9.17) is 9.47 Å². The van der Waals surface area contributed by atoms with E-state index in [9.17, 15) is 19.8 Å². The average molecular weight is 486 g/mol. The fourth-order valence-electron chi connectivity index (χ4n) is 4.04. The molecular formula is C28H39NO6. The highest BCUT2D eigenvalue weighted by atomic mass is 16.6. The van der Waals surface area contributed by atoms with Crippen molar-refractivity contribution >= 4 is 11.9 Å². The lowest BCUT2D eigenvalue weighted by Gasteiger charge is -2.32. The Morgan fingerprint density at radius 3 is 2.74 bits per heavy atom. The third-order valence-electron chi connectivity index (χ3n) is 6.12. The number of pyridine rings is 1. The van der Waals surface area contributed by atoms with Gasteiger partial charge in [-0.05, 0) is 62.8 Å². The van der Waals surface area contributed by atoms with Crippen molar-refractivity contribution in [3.05, 3.63) is 66.0 Å². The molecule has 1 aliphatic heterocycles. The van der Waals surface area contributed by atoms with Crippen LogP contribution < -0.4 is 0 Å². The van der Waals surface area contributed by atoms with Gasteiger partial charge in [0, 0.05) is 24.7 Å². The zero-order valence-electron chi connectivity index (χ0n) is 21.4. The number of aliphatic hydroxyl groups excluding tert-OH is 1. The lowest BCUT2D eigenvalue weighted by molar-refractivity contribution is -0.157. The molecule has 0 saturated heterocycles. The molecule has 192 valence electrons. The first-order valence-electron chi connectivity index (χ1n) is 12.2. The maximum atomic E-state index is 12.5. The van der Waals surface area contributed by atoms with E-state index in [0.29, 0.717) is 0 Å². The van der Waals surface area contributed by atoms with Gasteiger partial charge in [0.2, 0.25) is 0 Å². The predicted octanol–water partition coefficient (Wildman–Crippen LogP) is 4.09. The van der Waals surface area contributed by atoms with Crippen LogP contribution in [0.2, 0.25) is 0 Å².